The SMILES string of the molecule is Cc1ccc(C)n1-c1ccc(OCc2ccc(C(=O)N/N=C/c3cc(Br)c(OCC(N)=O)c(Br)c3)o2)cc1. The van der Waals surface area contributed by atoms with E-state index in [-0.39, 0.29) is 19.0 Å². The van der Waals surface area contributed by atoms with Crippen molar-refractivity contribution in [2.45, 2.75) is 20.5 Å². The first-order chi connectivity index (χ1) is 18.2. The molecule has 3 N–H and O–H groups in total. The van der Waals surface area contributed by atoms with Gasteiger partial charge in [-0.1, -0.05) is 0 Å². The van der Waals surface area contributed by atoms with Crippen molar-refractivity contribution in [3.8, 4) is 17.2 Å². The van der Waals surface area contributed by atoms with E-state index in [9.17, 15) is 9.59 Å². The maximum absolute atomic E-state index is 12.4. The Labute approximate surface area is 235 Å². The van der Waals surface area contributed by atoms with Crippen LogP contribution in [0.2, 0.25) is 0 Å². The number of carbonyl (C=O) groups excluding carboxylic acids is 2. The zero-order chi connectivity index (χ0) is 27.2. The van der Waals surface area contributed by atoms with Crippen molar-refractivity contribution >= 4 is 49.9 Å². The van der Waals surface area contributed by atoms with Gasteiger partial charge in [-0.15, -0.1) is 0 Å². The largest absolute Gasteiger partial charge is 0.486 e. The first-order valence-corrected chi connectivity index (χ1v) is 13.0. The fraction of sp³-hybridized carbons (Fsp3) is 0.148. The highest BCUT2D eigenvalue weighted by atomic mass is 79.9. The summed E-state index contributed by atoms with van der Waals surface area (Å²) in [6.07, 6.45) is 1.46. The van der Waals surface area contributed by atoms with Crippen molar-refractivity contribution < 1.29 is 23.5 Å². The van der Waals surface area contributed by atoms with E-state index in [4.69, 9.17) is 19.6 Å². The predicted octanol–water partition coefficient (Wildman–Crippen LogP) is 5.42. The number of hydrazone groups is 1. The molecule has 9 nitrogen and oxygen atoms in total. The summed E-state index contributed by atoms with van der Waals surface area (Å²) < 4.78 is 20.1. The maximum Gasteiger partial charge on any atom is 0.307 e. The number of amides is 2. The number of halogens is 2. The summed E-state index contributed by atoms with van der Waals surface area (Å²) in [5.74, 6) is 0.627. The average Bonchev–Trinajstić information content (AvgIpc) is 3.48. The number of benzene rings is 2. The minimum atomic E-state index is -0.586. The van der Waals surface area contributed by atoms with E-state index in [1.807, 2.05) is 24.3 Å². The molecule has 11 heteroatoms. The standard InChI is InChI=1S/C27H24Br2N4O5/c1-16-3-4-17(2)33(16)19-5-7-20(8-6-19)36-14-21-9-10-24(38-21)27(35)32-31-13-18-11-22(28)26(23(29)12-18)37-15-25(30)34/h3-13H,14-15H2,1-2H3,(H2,30,34)(H,32,35)/b31-13+. The van der Waals surface area contributed by atoms with Crippen LogP contribution in [0, 0.1) is 13.8 Å². The number of carbonyl (C=O) groups is 2. The van der Waals surface area contributed by atoms with Gasteiger partial charge in [0, 0.05) is 17.1 Å². The van der Waals surface area contributed by atoms with Crippen LogP contribution in [0.25, 0.3) is 5.69 Å². The molecule has 2 aromatic carbocycles. The Morgan fingerprint density at radius 1 is 1.00 bits per heavy atom. The lowest BCUT2D eigenvalue weighted by Gasteiger charge is -2.10. The zero-order valence-corrected chi connectivity index (χ0v) is 23.7. The van der Waals surface area contributed by atoms with Crippen LogP contribution in [-0.2, 0) is 11.4 Å². The number of furan rings is 1. The molecule has 4 rings (SSSR count). The Morgan fingerprint density at radius 3 is 2.29 bits per heavy atom. The van der Waals surface area contributed by atoms with Gasteiger partial charge in [-0.2, -0.15) is 5.10 Å². The smallest absolute Gasteiger partial charge is 0.307 e. The number of primary amides is 1. The van der Waals surface area contributed by atoms with Gasteiger partial charge in [0.05, 0.1) is 15.2 Å². The lowest BCUT2D eigenvalue weighted by Crippen LogP contribution is -2.20. The quantitative estimate of drug-likeness (QED) is 0.177. The van der Waals surface area contributed by atoms with Gasteiger partial charge in [-0.25, -0.2) is 5.43 Å². The first-order valence-electron chi connectivity index (χ1n) is 11.4. The van der Waals surface area contributed by atoms with E-state index in [0.717, 1.165) is 17.1 Å². The van der Waals surface area contributed by atoms with Crippen LogP contribution >= 0.6 is 31.9 Å². The molecule has 0 unspecified atom stereocenters. The lowest BCUT2D eigenvalue weighted by molar-refractivity contribution is -0.119. The van der Waals surface area contributed by atoms with E-state index in [0.29, 0.717) is 31.8 Å². The van der Waals surface area contributed by atoms with E-state index >= 15 is 0 Å². The van der Waals surface area contributed by atoms with Crippen molar-refractivity contribution in [1.82, 2.24) is 9.99 Å². The van der Waals surface area contributed by atoms with E-state index in [1.165, 1.54) is 6.21 Å². The summed E-state index contributed by atoms with van der Waals surface area (Å²) in [7, 11) is 0. The van der Waals surface area contributed by atoms with Crippen molar-refractivity contribution in [1.29, 1.82) is 0 Å². The van der Waals surface area contributed by atoms with Gasteiger partial charge < -0.3 is 24.2 Å². The zero-order valence-electron chi connectivity index (χ0n) is 20.5. The molecule has 2 heterocycles. The fourth-order valence-electron chi connectivity index (χ4n) is 3.65. The normalized spacial score (nSPS) is 11.1. The van der Waals surface area contributed by atoms with Crippen LogP contribution in [-0.4, -0.2) is 29.2 Å². The average molecular weight is 644 g/mol. The van der Waals surface area contributed by atoms with Crippen molar-refractivity contribution in [2.75, 3.05) is 6.61 Å². The minimum Gasteiger partial charge on any atom is -0.486 e. The molecule has 0 aliphatic heterocycles. The predicted molar refractivity (Wildman–Crippen MR) is 150 cm³/mol. The third-order valence-corrected chi connectivity index (χ3v) is 6.57. The summed E-state index contributed by atoms with van der Waals surface area (Å²) in [5, 5.41) is 3.97. The van der Waals surface area contributed by atoms with Gasteiger partial charge in [0.15, 0.2) is 12.4 Å². The second-order valence-corrected chi connectivity index (χ2v) is 9.98. The number of hydrogen-bond acceptors (Lipinski definition) is 6. The van der Waals surface area contributed by atoms with E-state index in [2.05, 4.69) is 72.9 Å². The molecule has 0 radical (unpaired) electrons. The first kappa shape index (κ1) is 27.2. The molecule has 196 valence electrons. The highest BCUT2D eigenvalue weighted by Gasteiger charge is 2.12. The minimum absolute atomic E-state index is 0.104. The number of nitrogens with zero attached hydrogens (tertiary/aromatic N) is 2. The third-order valence-electron chi connectivity index (χ3n) is 5.39. The number of hydrogen-bond donors (Lipinski definition) is 2. The highest BCUT2D eigenvalue weighted by Crippen LogP contribution is 2.34. The van der Waals surface area contributed by atoms with Crippen LogP contribution in [0.15, 0.2) is 79.1 Å². The van der Waals surface area contributed by atoms with Crippen molar-refractivity contribution in [3.05, 3.63) is 98.1 Å². The Morgan fingerprint density at radius 2 is 1.66 bits per heavy atom. The summed E-state index contributed by atoms with van der Waals surface area (Å²) in [5.41, 5.74) is 11.6. The molecule has 2 amide bonds. The van der Waals surface area contributed by atoms with Crippen LogP contribution in [0.1, 0.15) is 33.3 Å². The summed E-state index contributed by atoms with van der Waals surface area (Å²) in [4.78, 5) is 23.4. The molecule has 4 aromatic rings. The third kappa shape index (κ3) is 6.73. The Bertz CT molecular complexity index is 1450. The van der Waals surface area contributed by atoms with Gasteiger partial charge in [-0.05, 0) is 112 Å². The monoisotopic (exact) mass is 642 g/mol. The number of ether oxygens (including phenoxy) is 2. The van der Waals surface area contributed by atoms with E-state index in [1.54, 1.807) is 24.3 Å². The number of rotatable bonds is 10. The summed E-state index contributed by atoms with van der Waals surface area (Å²) in [6.45, 7) is 4.04. The molecule has 0 aliphatic rings. The van der Waals surface area contributed by atoms with Gasteiger partial charge in [0.2, 0.25) is 0 Å². The fourth-order valence-corrected chi connectivity index (χ4v) is 5.11. The molecule has 0 spiro atoms. The Hall–Kier alpha value is -3.83. The topological polar surface area (TPSA) is 121 Å². The molecule has 0 aliphatic carbocycles. The molecule has 0 bridgehead atoms. The lowest BCUT2D eigenvalue weighted by atomic mass is 10.2. The van der Waals surface area contributed by atoms with Crippen molar-refractivity contribution in [3.63, 3.8) is 0 Å². The molecular weight excluding hydrogens is 620 g/mol. The molecule has 2 aromatic heterocycles. The molecule has 0 saturated carbocycles. The molecule has 0 atom stereocenters. The Balaban J connectivity index is 1.30. The number of nitrogens with one attached hydrogen (secondary N) is 1. The summed E-state index contributed by atoms with van der Waals surface area (Å²) in [6, 6.07) is 18.6. The molecule has 0 fully saturated rings. The number of aromatic nitrogens is 1. The second kappa shape index (κ2) is 12.1. The van der Waals surface area contributed by atoms with Gasteiger partial charge >= 0.3 is 5.91 Å². The van der Waals surface area contributed by atoms with Gasteiger partial charge in [0.1, 0.15) is 23.9 Å². The van der Waals surface area contributed by atoms with E-state index < -0.39 is 11.8 Å². The van der Waals surface area contributed by atoms with Crippen LogP contribution in [0.5, 0.6) is 11.5 Å². The van der Waals surface area contributed by atoms with Gasteiger partial charge in [-0.3, -0.25) is 9.59 Å². The van der Waals surface area contributed by atoms with Crippen LogP contribution in [0.4, 0.5) is 0 Å². The molecule has 38 heavy (non-hydrogen) atoms. The number of aryl methyl sites for hydroxylation is 2. The maximum atomic E-state index is 12.4. The van der Waals surface area contributed by atoms with Crippen LogP contribution in [0.3, 0.4) is 0 Å². The highest BCUT2D eigenvalue weighted by molar-refractivity contribution is 9.11. The second-order valence-electron chi connectivity index (χ2n) is 8.27. The van der Waals surface area contributed by atoms with Gasteiger partial charge in [0.25, 0.3) is 5.91 Å². The molecular formula is C27H24Br2N4O5. The van der Waals surface area contributed by atoms with Crippen LogP contribution < -0.4 is 20.6 Å². The van der Waals surface area contributed by atoms with Crippen molar-refractivity contribution in [2.24, 2.45) is 10.8 Å². The number of nitrogens with two attached hydrogens (primary N) is 1. The summed E-state index contributed by atoms with van der Waals surface area (Å²) >= 11 is 6.75. The molecule has 0 saturated heterocycles. The Kier molecular flexibility index (Phi) is 8.70.